The molecule has 0 aromatic heterocycles. The normalized spacial score (nSPS) is 13.4. The lowest BCUT2D eigenvalue weighted by atomic mass is 10.0. The minimum atomic E-state index is -0.432. The van der Waals surface area contributed by atoms with E-state index in [2.05, 4.69) is 25.7 Å². The average molecular weight is 300 g/mol. The first kappa shape index (κ1) is 18.9. The van der Waals surface area contributed by atoms with Gasteiger partial charge in [-0.3, -0.25) is 4.90 Å². The molecule has 1 aromatic rings. The maximum absolute atomic E-state index is 12.1. The minimum absolute atomic E-state index is 0. The molecule has 1 atom stereocenters. The first-order valence-corrected chi connectivity index (χ1v) is 7.05. The van der Waals surface area contributed by atoms with E-state index in [0.29, 0.717) is 5.56 Å². The van der Waals surface area contributed by atoms with Crippen molar-refractivity contribution in [2.24, 2.45) is 0 Å². The van der Waals surface area contributed by atoms with Crippen LogP contribution >= 0.6 is 12.4 Å². The zero-order valence-corrected chi connectivity index (χ0v) is 13.7. The number of hydrogen-bond donors (Lipinski definition) is 0. The van der Waals surface area contributed by atoms with Crippen LogP contribution in [0.4, 0.5) is 0 Å². The topological polar surface area (TPSA) is 29.5 Å². The molecule has 4 heteroatoms. The molecule has 0 amide bonds. The molecule has 114 valence electrons. The van der Waals surface area contributed by atoms with Crippen LogP contribution in [0.1, 0.15) is 44.5 Å². The molecule has 0 N–H and O–H groups in total. The number of nitrogens with zero attached hydrogens (tertiary/aromatic N) is 1. The molecular formula is C16H26ClNO2. The Morgan fingerprint density at radius 3 is 2.15 bits per heavy atom. The third kappa shape index (κ3) is 5.51. The molecule has 0 saturated heterocycles. The van der Waals surface area contributed by atoms with Crippen molar-refractivity contribution in [3.05, 3.63) is 35.9 Å². The maximum atomic E-state index is 12.1. The van der Waals surface area contributed by atoms with Crippen molar-refractivity contribution in [1.29, 1.82) is 0 Å². The second-order valence-electron chi connectivity index (χ2n) is 5.02. The van der Waals surface area contributed by atoms with Gasteiger partial charge in [-0.25, -0.2) is 4.79 Å². The van der Waals surface area contributed by atoms with E-state index in [0.717, 1.165) is 26.1 Å². The van der Waals surface area contributed by atoms with Crippen molar-refractivity contribution >= 4 is 18.4 Å². The van der Waals surface area contributed by atoms with E-state index >= 15 is 0 Å². The summed E-state index contributed by atoms with van der Waals surface area (Å²) < 4.78 is 5.73. The van der Waals surface area contributed by atoms with Crippen molar-refractivity contribution in [1.82, 2.24) is 4.90 Å². The van der Waals surface area contributed by atoms with Gasteiger partial charge in [-0.2, -0.15) is 0 Å². The molecule has 0 radical (unpaired) electrons. The van der Waals surface area contributed by atoms with E-state index in [1.807, 2.05) is 25.1 Å². The molecule has 1 unspecified atom stereocenters. The van der Waals surface area contributed by atoms with Crippen LogP contribution < -0.4 is 0 Å². The fourth-order valence-corrected chi connectivity index (χ4v) is 1.99. The van der Waals surface area contributed by atoms with Gasteiger partial charge in [0.05, 0.1) is 5.56 Å². The largest absolute Gasteiger partial charge is 0.454 e. The molecular weight excluding hydrogens is 274 g/mol. The van der Waals surface area contributed by atoms with Crippen LogP contribution in [0, 0.1) is 0 Å². The predicted octanol–water partition coefficient (Wildman–Crippen LogP) is 3.78. The Morgan fingerprint density at radius 1 is 1.15 bits per heavy atom. The maximum Gasteiger partial charge on any atom is 0.338 e. The molecule has 0 aliphatic carbocycles. The number of carbonyl (C=O) groups excluding carboxylic acids is 1. The molecule has 0 aliphatic rings. The van der Waals surface area contributed by atoms with Crippen molar-refractivity contribution in [3.63, 3.8) is 0 Å². The minimum Gasteiger partial charge on any atom is -0.454 e. The summed E-state index contributed by atoms with van der Waals surface area (Å²) in [4.78, 5) is 14.4. The average Bonchev–Trinajstić information content (AvgIpc) is 2.45. The van der Waals surface area contributed by atoms with Crippen LogP contribution in [0.5, 0.6) is 0 Å². The molecule has 0 spiro atoms. The Hall–Kier alpha value is -1.06. The quantitative estimate of drug-likeness (QED) is 0.718. The van der Waals surface area contributed by atoms with Crippen LogP contribution in [0.3, 0.4) is 0 Å². The standard InChI is InChI=1S/C16H25NO2.ClH/c1-5-16(4,13-17(6-2)7-3)19-15(18)14-11-9-8-10-12-14;/h8-12H,5-7,13H2,1-4H3;1H. The fraction of sp³-hybridized carbons (Fsp3) is 0.562. The Bertz CT molecular complexity index is 393. The summed E-state index contributed by atoms with van der Waals surface area (Å²) in [5.74, 6) is -0.239. The summed E-state index contributed by atoms with van der Waals surface area (Å²) in [5.41, 5.74) is 0.181. The zero-order valence-electron chi connectivity index (χ0n) is 12.9. The highest BCUT2D eigenvalue weighted by molar-refractivity contribution is 5.89. The lowest BCUT2D eigenvalue weighted by molar-refractivity contribution is -0.0268. The van der Waals surface area contributed by atoms with E-state index in [-0.39, 0.29) is 18.4 Å². The number of benzene rings is 1. The van der Waals surface area contributed by atoms with E-state index in [1.165, 1.54) is 0 Å². The number of hydrogen-bond acceptors (Lipinski definition) is 3. The summed E-state index contributed by atoms with van der Waals surface area (Å²) in [6, 6.07) is 9.17. The molecule has 1 aromatic carbocycles. The monoisotopic (exact) mass is 299 g/mol. The number of esters is 1. The van der Waals surface area contributed by atoms with Gasteiger partial charge in [-0.1, -0.05) is 39.0 Å². The summed E-state index contributed by atoms with van der Waals surface area (Å²) in [6.45, 7) is 11.0. The number of likely N-dealkylation sites (N-methyl/N-ethyl adjacent to an activating group) is 1. The Balaban J connectivity index is 0.00000361. The zero-order chi connectivity index (χ0) is 14.3. The van der Waals surface area contributed by atoms with Gasteiger partial charge in [0.2, 0.25) is 0 Å². The van der Waals surface area contributed by atoms with Gasteiger partial charge >= 0.3 is 5.97 Å². The second-order valence-corrected chi connectivity index (χ2v) is 5.02. The number of carbonyl (C=O) groups is 1. The van der Waals surface area contributed by atoms with E-state index in [9.17, 15) is 4.79 Å². The van der Waals surface area contributed by atoms with Crippen molar-refractivity contribution in [2.75, 3.05) is 19.6 Å². The van der Waals surface area contributed by atoms with Gasteiger partial charge in [-0.15, -0.1) is 12.4 Å². The highest BCUT2D eigenvalue weighted by Crippen LogP contribution is 2.19. The van der Waals surface area contributed by atoms with E-state index < -0.39 is 5.60 Å². The summed E-state index contributed by atoms with van der Waals surface area (Å²) >= 11 is 0. The van der Waals surface area contributed by atoms with Crippen molar-refractivity contribution < 1.29 is 9.53 Å². The fourth-order valence-electron chi connectivity index (χ4n) is 1.99. The first-order chi connectivity index (χ1) is 9.04. The highest BCUT2D eigenvalue weighted by atomic mass is 35.5. The number of halogens is 1. The summed E-state index contributed by atoms with van der Waals surface area (Å²) in [6.07, 6.45) is 0.808. The number of ether oxygens (including phenoxy) is 1. The Labute approximate surface area is 128 Å². The molecule has 0 fully saturated rings. The molecule has 0 heterocycles. The lowest BCUT2D eigenvalue weighted by Crippen LogP contribution is -2.43. The third-order valence-corrected chi connectivity index (χ3v) is 3.55. The van der Waals surface area contributed by atoms with Gasteiger partial charge in [0.25, 0.3) is 0 Å². The van der Waals surface area contributed by atoms with Crippen molar-refractivity contribution in [3.8, 4) is 0 Å². The van der Waals surface area contributed by atoms with E-state index in [1.54, 1.807) is 12.1 Å². The molecule has 20 heavy (non-hydrogen) atoms. The smallest absolute Gasteiger partial charge is 0.338 e. The van der Waals surface area contributed by atoms with Gasteiger partial charge in [-0.05, 0) is 38.6 Å². The van der Waals surface area contributed by atoms with Crippen LogP contribution in [-0.4, -0.2) is 36.1 Å². The van der Waals surface area contributed by atoms with Crippen LogP contribution in [0.2, 0.25) is 0 Å². The predicted molar refractivity (Wildman–Crippen MR) is 85.6 cm³/mol. The van der Waals surface area contributed by atoms with Gasteiger partial charge in [0.15, 0.2) is 0 Å². The second kappa shape index (κ2) is 8.98. The Morgan fingerprint density at radius 2 is 1.70 bits per heavy atom. The summed E-state index contributed by atoms with van der Waals surface area (Å²) in [5, 5.41) is 0. The third-order valence-electron chi connectivity index (χ3n) is 3.55. The highest BCUT2D eigenvalue weighted by Gasteiger charge is 2.29. The van der Waals surface area contributed by atoms with Crippen molar-refractivity contribution in [2.45, 2.75) is 39.7 Å². The van der Waals surface area contributed by atoms with Gasteiger partial charge < -0.3 is 4.74 Å². The molecule has 1 rings (SSSR count). The number of rotatable bonds is 7. The van der Waals surface area contributed by atoms with Gasteiger partial charge in [0.1, 0.15) is 5.60 Å². The molecule has 0 bridgehead atoms. The molecule has 0 aliphatic heterocycles. The van der Waals surface area contributed by atoms with Crippen LogP contribution in [-0.2, 0) is 4.74 Å². The lowest BCUT2D eigenvalue weighted by Gasteiger charge is -2.33. The first-order valence-electron chi connectivity index (χ1n) is 7.05. The van der Waals surface area contributed by atoms with E-state index in [4.69, 9.17) is 4.74 Å². The van der Waals surface area contributed by atoms with Crippen LogP contribution in [0.15, 0.2) is 30.3 Å². The SMILES string of the molecule is CCN(CC)CC(C)(CC)OC(=O)c1ccccc1.Cl. The summed E-state index contributed by atoms with van der Waals surface area (Å²) in [7, 11) is 0. The molecule has 3 nitrogen and oxygen atoms in total. The van der Waals surface area contributed by atoms with Gasteiger partial charge in [0, 0.05) is 6.54 Å². The molecule has 0 saturated carbocycles. The Kier molecular flexibility index (Phi) is 8.51. The van der Waals surface area contributed by atoms with Crippen LogP contribution in [0.25, 0.3) is 0 Å².